The number of hydrogen-bond donors (Lipinski definition) is 0. The lowest BCUT2D eigenvalue weighted by molar-refractivity contribution is -0.136. The van der Waals surface area contributed by atoms with Gasteiger partial charge in [0.1, 0.15) is 5.75 Å². The van der Waals surface area contributed by atoms with E-state index in [0.29, 0.717) is 50.2 Å². The molecule has 6 rings (SSSR count). The first-order valence-corrected chi connectivity index (χ1v) is 14.8. The molecule has 2 atom stereocenters. The second-order valence-corrected chi connectivity index (χ2v) is 12.2. The molecular weight excluding hydrogens is 520 g/mol. The van der Waals surface area contributed by atoms with E-state index in [1.807, 2.05) is 49.1 Å². The second kappa shape index (κ2) is 11.0. The number of piperazine rings is 1. The maximum atomic E-state index is 13.8. The molecule has 0 saturated carbocycles. The summed E-state index contributed by atoms with van der Waals surface area (Å²) in [5.74, 6) is 0.442. The topological polar surface area (TPSA) is 82.6 Å². The van der Waals surface area contributed by atoms with E-state index < -0.39 is 0 Å². The summed E-state index contributed by atoms with van der Waals surface area (Å²) in [6.45, 7) is 8.76. The van der Waals surface area contributed by atoms with E-state index >= 15 is 0 Å². The Morgan fingerprint density at radius 1 is 0.951 bits per heavy atom. The summed E-state index contributed by atoms with van der Waals surface area (Å²) in [5.41, 5.74) is 2.47. The minimum absolute atomic E-state index is 0.137. The lowest BCUT2D eigenvalue weighted by Crippen LogP contribution is -2.52. The fourth-order valence-electron chi connectivity index (χ4n) is 6.95. The molecule has 4 heterocycles. The molecule has 0 radical (unpaired) electrons. The lowest BCUT2D eigenvalue weighted by Gasteiger charge is -2.40. The molecule has 0 aromatic heterocycles. The predicted molar refractivity (Wildman–Crippen MR) is 157 cm³/mol. The minimum Gasteiger partial charge on any atom is -0.497 e. The molecule has 3 fully saturated rings. The average molecular weight is 561 g/mol. The molecular formula is C32H40N4O5. The van der Waals surface area contributed by atoms with Crippen molar-refractivity contribution in [2.24, 2.45) is 5.92 Å². The van der Waals surface area contributed by atoms with Crippen LogP contribution in [0.3, 0.4) is 0 Å². The molecule has 2 aromatic carbocycles. The highest BCUT2D eigenvalue weighted by molar-refractivity contribution is 6.24. The van der Waals surface area contributed by atoms with Gasteiger partial charge in [-0.25, -0.2) is 0 Å². The van der Waals surface area contributed by atoms with Crippen molar-refractivity contribution < 1.29 is 23.9 Å². The number of benzene rings is 2. The molecule has 9 heteroatoms. The normalized spacial score (nSPS) is 24.5. The van der Waals surface area contributed by atoms with E-state index in [2.05, 4.69) is 15.9 Å². The van der Waals surface area contributed by atoms with Gasteiger partial charge in [0.2, 0.25) is 5.91 Å². The first-order chi connectivity index (χ1) is 19.8. The highest BCUT2D eigenvalue weighted by atomic mass is 16.5. The molecule has 0 aliphatic carbocycles. The summed E-state index contributed by atoms with van der Waals surface area (Å²) in [6.07, 6.45) is 2.97. The number of piperidine rings is 1. The van der Waals surface area contributed by atoms with E-state index in [9.17, 15) is 14.4 Å². The Labute approximate surface area is 242 Å². The van der Waals surface area contributed by atoms with Gasteiger partial charge in [0, 0.05) is 63.7 Å². The lowest BCUT2D eigenvalue weighted by atomic mass is 9.93. The SMILES string of the molecule is COc1cccc(N2CCN(C(=O)C3CCCN(c4cccc5c4C(=O)N(C4CCOC(C)(C)C4)C5=O)C3)CC2)c1. The van der Waals surface area contributed by atoms with Crippen molar-refractivity contribution in [2.75, 3.05) is 62.8 Å². The van der Waals surface area contributed by atoms with Crippen molar-refractivity contribution in [3.8, 4) is 5.75 Å². The molecule has 4 aliphatic rings. The van der Waals surface area contributed by atoms with Gasteiger partial charge >= 0.3 is 0 Å². The molecule has 0 bridgehead atoms. The smallest absolute Gasteiger partial charge is 0.263 e. The van der Waals surface area contributed by atoms with Crippen LogP contribution >= 0.6 is 0 Å². The first kappa shape index (κ1) is 27.6. The van der Waals surface area contributed by atoms with Gasteiger partial charge in [0.25, 0.3) is 11.8 Å². The van der Waals surface area contributed by atoms with Crippen LogP contribution in [0.2, 0.25) is 0 Å². The molecule has 3 amide bonds. The Morgan fingerprint density at radius 3 is 2.49 bits per heavy atom. The molecule has 0 spiro atoms. The van der Waals surface area contributed by atoms with E-state index in [4.69, 9.17) is 9.47 Å². The van der Waals surface area contributed by atoms with Gasteiger partial charge in [0.05, 0.1) is 35.4 Å². The summed E-state index contributed by atoms with van der Waals surface area (Å²) in [7, 11) is 1.67. The number of carbonyl (C=O) groups is 3. The Kier molecular flexibility index (Phi) is 7.40. The van der Waals surface area contributed by atoms with Gasteiger partial charge < -0.3 is 24.2 Å². The highest BCUT2D eigenvalue weighted by Gasteiger charge is 2.45. The first-order valence-electron chi connectivity index (χ1n) is 14.8. The Bertz CT molecular complexity index is 1340. The van der Waals surface area contributed by atoms with Crippen molar-refractivity contribution in [2.45, 2.75) is 51.2 Å². The van der Waals surface area contributed by atoms with Crippen molar-refractivity contribution in [1.82, 2.24) is 9.80 Å². The minimum atomic E-state index is -0.374. The standard InChI is InChI=1S/C32H40N4O5/c1-32(2)20-24(12-18-41-32)36-30(38)26-10-5-11-27(28(26)31(36)39)35-13-6-7-22(21-35)29(37)34-16-14-33(15-17-34)23-8-4-9-25(19-23)40-3/h4-5,8-11,19,22,24H,6-7,12-18,20-21H2,1-3H3. The third kappa shape index (κ3) is 5.27. The van der Waals surface area contributed by atoms with Crippen LogP contribution in [0.4, 0.5) is 11.4 Å². The van der Waals surface area contributed by atoms with Crippen LogP contribution < -0.4 is 14.5 Å². The van der Waals surface area contributed by atoms with Gasteiger partial charge in [-0.1, -0.05) is 12.1 Å². The summed E-state index contributed by atoms with van der Waals surface area (Å²) in [6, 6.07) is 13.4. The van der Waals surface area contributed by atoms with Crippen LogP contribution in [0.25, 0.3) is 0 Å². The zero-order valence-electron chi connectivity index (χ0n) is 24.3. The number of carbonyl (C=O) groups excluding carboxylic acids is 3. The zero-order chi connectivity index (χ0) is 28.7. The molecule has 41 heavy (non-hydrogen) atoms. The number of hydrogen-bond acceptors (Lipinski definition) is 7. The number of rotatable bonds is 5. The quantitative estimate of drug-likeness (QED) is 0.515. The maximum absolute atomic E-state index is 13.8. The molecule has 0 N–H and O–H groups in total. The summed E-state index contributed by atoms with van der Waals surface area (Å²) >= 11 is 0. The second-order valence-electron chi connectivity index (χ2n) is 12.2. The van der Waals surface area contributed by atoms with Crippen LogP contribution in [-0.2, 0) is 9.53 Å². The number of fused-ring (bicyclic) bond motifs is 1. The fourth-order valence-corrected chi connectivity index (χ4v) is 6.95. The van der Waals surface area contributed by atoms with Crippen molar-refractivity contribution in [3.05, 3.63) is 53.6 Å². The van der Waals surface area contributed by atoms with Gasteiger partial charge in [-0.15, -0.1) is 0 Å². The van der Waals surface area contributed by atoms with E-state index in [-0.39, 0.29) is 35.3 Å². The number of methoxy groups -OCH3 is 1. The highest BCUT2D eigenvalue weighted by Crippen LogP contribution is 2.38. The zero-order valence-corrected chi connectivity index (χ0v) is 24.3. The summed E-state index contributed by atoms with van der Waals surface area (Å²) in [5, 5.41) is 0. The summed E-state index contributed by atoms with van der Waals surface area (Å²) < 4.78 is 11.2. The Balaban J connectivity index is 1.14. The Morgan fingerprint density at radius 2 is 1.73 bits per heavy atom. The predicted octanol–water partition coefficient (Wildman–Crippen LogP) is 3.81. The average Bonchev–Trinajstić information content (AvgIpc) is 3.25. The number of amides is 3. The van der Waals surface area contributed by atoms with E-state index in [0.717, 1.165) is 49.6 Å². The van der Waals surface area contributed by atoms with Crippen molar-refractivity contribution in [1.29, 1.82) is 0 Å². The molecule has 4 aliphatic heterocycles. The summed E-state index contributed by atoms with van der Waals surface area (Å²) in [4.78, 5) is 48.8. The third-order valence-electron chi connectivity index (χ3n) is 9.08. The molecule has 9 nitrogen and oxygen atoms in total. The number of ether oxygens (including phenoxy) is 2. The number of imide groups is 1. The maximum Gasteiger partial charge on any atom is 0.263 e. The molecule has 3 saturated heterocycles. The molecule has 2 aromatic rings. The number of anilines is 2. The van der Waals surface area contributed by atoms with Crippen LogP contribution in [0.1, 0.15) is 60.2 Å². The number of nitrogens with zero attached hydrogens (tertiary/aromatic N) is 4. The largest absolute Gasteiger partial charge is 0.497 e. The Hall–Kier alpha value is -3.59. The van der Waals surface area contributed by atoms with Crippen LogP contribution in [0, 0.1) is 5.92 Å². The molecule has 2 unspecified atom stereocenters. The van der Waals surface area contributed by atoms with Crippen LogP contribution in [0.15, 0.2) is 42.5 Å². The van der Waals surface area contributed by atoms with Crippen molar-refractivity contribution in [3.63, 3.8) is 0 Å². The monoisotopic (exact) mass is 560 g/mol. The van der Waals surface area contributed by atoms with Gasteiger partial charge in [-0.05, 0) is 63.8 Å². The van der Waals surface area contributed by atoms with Crippen molar-refractivity contribution >= 4 is 29.1 Å². The molecule has 218 valence electrons. The fraction of sp³-hybridized carbons (Fsp3) is 0.531. The van der Waals surface area contributed by atoms with Crippen LogP contribution in [0.5, 0.6) is 5.75 Å². The van der Waals surface area contributed by atoms with Gasteiger partial charge in [-0.3, -0.25) is 19.3 Å². The third-order valence-corrected chi connectivity index (χ3v) is 9.08. The van der Waals surface area contributed by atoms with E-state index in [1.54, 1.807) is 13.2 Å². The van der Waals surface area contributed by atoms with E-state index in [1.165, 1.54) is 4.90 Å². The van der Waals surface area contributed by atoms with Crippen LogP contribution in [-0.4, -0.2) is 92.1 Å². The van der Waals surface area contributed by atoms with Gasteiger partial charge in [0.15, 0.2) is 0 Å². The van der Waals surface area contributed by atoms with Gasteiger partial charge in [-0.2, -0.15) is 0 Å².